The summed E-state index contributed by atoms with van der Waals surface area (Å²) >= 11 is 0. The first-order valence-electron chi connectivity index (χ1n) is 10.6. The number of halogens is 12. The Morgan fingerprint density at radius 1 is 0.500 bits per heavy atom. The average molecular weight is 608 g/mol. The number of hydrogen-bond donors (Lipinski definition) is 2. The lowest BCUT2D eigenvalue weighted by Gasteiger charge is -2.18. The first-order valence-corrected chi connectivity index (χ1v) is 10.6. The maximum Gasteiger partial charge on any atom is 0.389 e. The van der Waals surface area contributed by atoms with E-state index in [1.54, 1.807) is 0 Å². The largest absolute Gasteiger partial charge is 0.486 e. The SMILES string of the molecule is NCCOc1c(F)c(F)c(OCC(F)(F)OCCF)c(F)c1F.NCCOc1c(F)c(F)c(OCF)c(F)c1F. The highest BCUT2D eigenvalue weighted by Crippen LogP contribution is 2.36. The van der Waals surface area contributed by atoms with E-state index in [-0.39, 0.29) is 19.7 Å². The lowest BCUT2D eigenvalue weighted by molar-refractivity contribution is -0.253. The van der Waals surface area contributed by atoms with Gasteiger partial charge in [-0.05, 0) is 0 Å². The molecule has 0 saturated heterocycles. The molecule has 19 heteroatoms. The zero-order valence-electron chi connectivity index (χ0n) is 19.9. The van der Waals surface area contributed by atoms with Crippen molar-refractivity contribution in [3.05, 3.63) is 46.5 Å². The minimum Gasteiger partial charge on any atom is -0.486 e. The van der Waals surface area contributed by atoms with Gasteiger partial charge in [0, 0.05) is 13.1 Å². The van der Waals surface area contributed by atoms with E-state index in [0.29, 0.717) is 0 Å². The minimum absolute atomic E-state index is 0.106. The van der Waals surface area contributed by atoms with Crippen molar-refractivity contribution in [2.24, 2.45) is 11.5 Å². The number of alkyl halides is 4. The standard InChI is InChI=1S/C12H12F7NO3.C9H8F5NO2/c13-1-3-23-12(18,19)5-22-11-8(16)6(14)10(21-4-2-20)7(15)9(11)17;10-3-17-9-6(13)4(11)8(16-2-1-15)5(12)7(9)14/h1-5,20H2;1-3,15H2. The summed E-state index contributed by atoms with van der Waals surface area (Å²) in [6, 6.07) is 0. The summed E-state index contributed by atoms with van der Waals surface area (Å²) in [4.78, 5) is 0. The summed E-state index contributed by atoms with van der Waals surface area (Å²) < 4.78 is 177. The highest BCUT2D eigenvalue weighted by molar-refractivity contribution is 5.39. The molecule has 2 aromatic carbocycles. The van der Waals surface area contributed by atoms with Crippen molar-refractivity contribution in [2.75, 3.05) is 53.1 Å². The zero-order chi connectivity index (χ0) is 30.6. The molecule has 0 spiro atoms. The van der Waals surface area contributed by atoms with Crippen molar-refractivity contribution < 1.29 is 76.4 Å². The fourth-order valence-corrected chi connectivity index (χ4v) is 2.45. The first kappa shape index (κ1) is 34.7. The highest BCUT2D eigenvalue weighted by atomic mass is 19.3. The van der Waals surface area contributed by atoms with Crippen LogP contribution < -0.4 is 30.4 Å². The summed E-state index contributed by atoms with van der Waals surface area (Å²) in [5.74, 6) is -21.3. The molecular formula is C21H20F12N2O5. The van der Waals surface area contributed by atoms with Crippen LogP contribution in [-0.4, -0.2) is 59.2 Å². The van der Waals surface area contributed by atoms with E-state index in [9.17, 15) is 52.7 Å². The summed E-state index contributed by atoms with van der Waals surface area (Å²) in [6.07, 6.45) is -4.12. The second-order valence-corrected chi connectivity index (χ2v) is 6.82. The van der Waals surface area contributed by atoms with Crippen LogP contribution in [0.4, 0.5) is 52.7 Å². The topological polar surface area (TPSA) is 98.2 Å². The molecule has 40 heavy (non-hydrogen) atoms. The summed E-state index contributed by atoms with van der Waals surface area (Å²) in [5, 5.41) is 0. The Morgan fingerprint density at radius 3 is 1.12 bits per heavy atom. The Bertz CT molecular complexity index is 1070. The van der Waals surface area contributed by atoms with Crippen LogP contribution in [0.2, 0.25) is 0 Å². The molecule has 0 aliphatic heterocycles. The predicted octanol–water partition coefficient (Wildman–Crippen LogP) is 4.42. The Morgan fingerprint density at radius 2 is 0.825 bits per heavy atom. The van der Waals surface area contributed by atoms with E-state index in [1.165, 1.54) is 0 Å². The van der Waals surface area contributed by atoms with Gasteiger partial charge in [0.15, 0.2) is 23.9 Å². The van der Waals surface area contributed by atoms with E-state index in [2.05, 4.69) is 23.7 Å². The molecule has 2 rings (SSSR count). The van der Waals surface area contributed by atoms with Gasteiger partial charge in [0.1, 0.15) is 19.9 Å². The van der Waals surface area contributed by atoms with Crippen molar-refractivity contribution >= 4 is 0 Å². The molecule has 0 bridgehead atoms. The highest BCUT2D eigenvalue weighted by Gasteiger charge is 2.35. The van der Waals surface area contributed by atoms with Crippen LogP contribution in [0.15, 0.2) is 0 Å². The number of ether oxygens (including phenoxy) is 5. The lowest BCUT2D eigenvalue weighted by atomic mass is 10.2. The quantitative estimate of drug-likeness (QED) is 0.242. The van der Waals surface area contributed by atoms with Crippen LogP contribution in [0.3, 0.4) is 0 Å². The van der Waals surface area contributed by atoms with Gasteiger partial charge in [-0.25, -0.2) is 8.78 Å². The number of hydrogen-bond acceptors (Lipinski definition) is 7. The third kappa shape index (κ3) is 8.85. The molecule has 0 aromatic heterocycles. The van der Waals surface area contributed by atoms with Crippen molar-refractivity contribution in [3.8, 4) is 23.0 Å². The molecule has 228 valence electrons. The van der Waals surface area contributed by atoms with Gasteiger partial charge in [0.25, 0.3) is 0 Å². The van der Waals surface area contributed by atoms with Crippen molar-refractivity contribution in [1.82, 2.24) is 0 Å². The third-order valence-corrected chi connectivity index (χ3v) is 4.07. The van der Waals surface area contributed by atoms with Gasteiger partial charge >= 0.3 is 6.11 Å². The summed E-state index contributed by atoms with van der Waals surface area (Å²) in [7, 11) is 0. The van der Waals surface area contributed by atoms with Crippen LogP contribution in [-0.2, 0) is 4.74 Å². The lowest BCUT2D eigenvalue weighted by Crippen LogP contribution is -2.30. The molecule has 0 unspecified atom stereocenters. The Hall–Kier alpha value is -3.32. The summed E-state index contributed by atoms with van der Waals surface area (Å²) in [5.41, 5.74) is 10.0. The summed E-state index contributed by atoms with van der Waals surface area (Å²) in [6.45, 7) is -6.75. The van der Waals surface area contributed by atoms with Gasteiger partial charge in [-0.15, -0.1) is 0 Å². The average Bonchev–Trinajstić information content (AvgIpc) is 2.92. The van der Waals surface area contributed by atoms with E-state index < -0.39 is 109 Å². The molecule has 4 N–H and O–H groups in total. The number of rotatable bonds is 14. The maximum atomic E-state index is 13.6. The predicted molar refractivity (Wildman–Crippen MR) is 111 cm³/mol. The molecule has 2 aromatic rings. The maximum absolute atomic E-state index is 13.6. The molecule has 0 atom stereocenters. The van der Waals surface area contributed by atoms with Gasteiger partial charge in [-0.3, -0.25) is 0 Å². The molecule has 0 saturated carbocycles. The van der Waals surface area contributed by atoms with E-state index >= 15 is 0 Å². The van der Waals surface area contributed by atoms with Crippen LogP contribution >= 0.6 is 0 Å². The molecule has 0 heterocycles. The van der Waals surface area contributed by atoms with E-state index in [1.807, 2.05) is 0 Å². The molecule has 0 aliphatic carbocycles. The number of nitrogens with two attached hydrogens (primary N) is 2. The third-order valence-electron chi connectivity index (χ3n) is 4.07. The van der Waals surface area contributed by atoms with Gasteiger partial charge in [0.05, 0.1) is 6.61 Å². The fourth-order valence-electron chi connectivity index (χ4n) is 2.45. The van der Waals surface area contributed by atoms with Gasteiger partial charge < -0.3 is 35.2 Å². The minimum atomic E-state index is -4.12. The molecule has 0 radical (unpaired) electrons. The Labute approximate surface area is 217 Å². The van der Waals surface area contributed by atoms with Gasteiger partial charge in [0.2, 0.25) is 59.1 Å². The fraction of sp³-hybridized carbons (Fsp3) is 0.429. The van der Waals surface area contributed by atoms with Crippen LogP contribution in [0.1, 0.15) is 0 Å². The van der Waals surface area contributed by atoms with Crippen LogP contribution in [0, 0.1) is 46.5 Å². The second-order valence-electron chi connectivity index (χ2n) is 6.82. The molecular weight excluding hydrogens is 588 g/mol. The zero-order valence-corrected chi connectivity index (χ0v) is 19.9. The van der Waals surface area contributed by atoms with Crippen LogP contribution in [0.5, 0.6) is 23.0 Å². The van der Waals surface area contributed by atoms with Gasteiger partial charge in [-0.2, -0.15) is 43.9 Å². The molecule has 7 nitrogen and oxygen atoms in total. The first-order chi connectivity index (χ1) is 18.8. The normalized spacial score (nSPS) is 11.2. The van der Waals surface area contributed by atoms with E-state index in [0.717, 1.165) is 0 Å². The molecule has 0 aliphatic rings. The van der Waals surface area contributed by atoms with Crippen molar-refractivity contribution in [1.29, 1.82) is 0 Å². The molecule has 0 amide bonds. The monoisotopic (exact) mass is 608 g/mol. The second kappa shape index (κ2) is 16.1. The van der Waals surface area contributed by atoms with Crippen LogP contribution in [0.25, 0.3) is 0 Å². The smallest absolute Gasteiger partial charge is 0.389 e. The van der Waals surface area contributed by atoms with Crippen molar-refractivity contribution in [3.63, 3.8) is 0 Å². The van der Waals surface area contributed by atoms with Gasteiger partial charge in [-0.1, -0.05) is 0 Å². The number of benzene rings is 2. The molecule has 0 fully saturated rings. The van der Waals surface area contributed by atoms with Crippen molar-refractivity contribution in [2.45, 2.75) is 6.11 Å². The van der Waals surface area contributed by atoms with E-state index in [4.69, 9.17) is 11.5 Å². The Balaban J connectivity index is 0.000000418. The Kier molecular flexibility index (Phi) is 13.9.